The van der Waals surface area contributed by atoms with E-state index in [4.69, 9.17) is 0 Å². The predicted octanol–water partition coefficient (Wildman–Crippen LogP) is 2.97. The van der Waals surface area contributed by atoms with Gasteiger partial charge in [0.2, 0.25) is 0 Å². The summed E-state index contributed by atoms with van der Waals surface area (Å²) in [6.07, 6.45) is 4.84. The lowest BCUT2D eigenvalue weighted by atomic mass is 10.1. The van der Waals surface area contributed by atoms with Crippen LogP contribution >= 0.6 is 15.9 Å². The number of nitrogens with one attached hydrogen (secondary N) is 2. The Hall–Kier alpha value is -2.21. The first-order chi connectivity index (χ1) is 9.24. The number of amides is 1. The van der Waals surface area contributed by atoms with E-state index in [9.17, 15) is 4.79 Å². The largest absolute Gasteiger partial charge is 0.361 e. The molecule has 0 bridgehead atoms. The Kier molecular flexibility index (Phi) is 3.00. The van der Waals surface area contributed by atoms with Crippen LogP contribution < -0.4 is 5.32 Å². The highest BCUT2D eigenvalue weighted by atomic mass is 79.9. The number of aromatic nitrogens is 3. The molecule has 2 heterocycles. The van der Waals surface area contributed by atoms with Gasteiger partial charge in [0, 0.05) is 11.6 Å². The molecule has 0 aliphatic heterocycles. The van der Waals surface area contributed by atoms with Crippen molar-refractivity contribution in [2.75, 3.05) is 5.32 Å². The smallest absolute Gasteiger partial charge is 0.258 e. The number of halogens is 1. The van der Waals surface area contributed by atoms with Crippen molar-refractivity contribution >= 4 is 38.6 Å². The van der Waals surface area contributed by atoms with Crippen molar-refractivity contribution in [3.63, 3.8) is 0 Å². The highest BCUT2D eigenvalue weighted by Crippen LogP contribution is 2.18. The molecule has 0 radical (unpaired) electrons. The predicted molar refractivity (Wildman–Crippen MR) is 76.0 cm³/mol. The lowest BCUT2D eigenvalue weighted by molar-refractivity contribution is 0.102. The van der Waals surface area contributed by atoms with Gasteiger partial charge in [-0.1, -0.05) is 12.1 Å². The molecule has 2 aromatic heterocycles. The Bertz CT molecular complexity index is 736. The number of hydrogen-bond acceptors (Lipinski definition) is 3. The van der Waals surface area contributed by atoms with Gasteiger partial charge < -0.3 is 10.3 Å². The molecule has 3 aromatic rings. The number of para-hydroxylation sites is 1. The van der Waals surface area contributed by atoms with Crippen molar-refractivity contribution in [3.05, 3.63) is 53.0 Å². The van der Waals surface area contributed by atoms with Crippen LogP contribution in [0.15, 0.2) is 47.5 Å². The summed E-state index contributed by atoms with van der Waals surface area (Å²) in [5, 5.41) is 3.71. The molecule has 0 aliphatic carbocycles. The van der Waals surface area contributed by atoms with Crippen molar-refractivity contribution in [2.24, 2.45) is 0 Å². The van der Waals surface area contributed by atoms with Crippen molar-refractivity contribution in [1.29, 1.82) is 0 Å². The third-order valence-electron chi connectivity index (χ3n) is 2.69. The van der Waals surface area contributed by atoms with Crippen LogP contribution in [-0.2, 0) is 0 Å². The highest BCUT2D eigenvalue weighted by Gasteiger charge is 2.11. The van der Waals surface area contributed by atoms with Gasteiger partial charge in [0.05, 0.1) is 23.5 Å². The molecule has 0 unspecified atom stereocenters. The molecule has 0 aliphatic rings. The fourth-order valence-corrected chi connectivity index (χ4v) is 2.04. The minimum absolute atomic E-state index is 0.218. The SMILES string of the molecule is O=C(Nc1cnc(Br)cn1)c1cccc2cc[nH]c12. The summed E-state index contributed by atoms with van der Waals surface area (Å²) in [6.45, 7) is 0. The molecule has 0 saturated heterocycles. The van der Waals surface area contributed by atoms with E-state index in [0.29, 0.717) is 16.0 Å². The van der Waals surface area contributed by atoms with E-state index in [1.165, 1.54) is 12.4 Å². The number of aromatic amines is 1. The van der Waals surface area contributed by atoms with Gasteiger partial charge in [0.1, 0.15) is 4.60 Å². The maximum Gasteiger partial charge on any atom is 0.258 e. The van der Waals surface area contributed by atoms with Crippen LogP contribution in [-0.4, -0.2) is 20.9 Å². The second-order valence-electron chi connectivity index (χ2n) is 3.93. The molecule has 1 aromatic carbocycles. The van der Waals surface area contributed by atoms with Crippen molar-refractivity contribution in [1.82, 2.24) is 15.0 Å². The van der Waals surface area contributed by atoms with E-state index in [2.05, 4.69) is 36.2 Å². The average molecular weight is 317 g/mol. The van der Waals surface area contributed by atoms with E-state index < -0.39 is 0 Å². The summed E-state index contributed by atoms with van der Waals surface area (Å²) >= 11 is 3.19. The van der Waals surface area contributed by atoms with Crippen LogP contribution in [0.3, 0.4) is 0 Å². The van der Waals surface area contributed by atoms with Crippen LogP contribution in [0.4, 0.5) is 5.82 Å². The molecule has 0 spiro atoms. The molecule has 94 valence electrons. The van der Waals surface area contributed by atoms with E-state index in [-0.39, 0.29) is 5.91 Å². The number of rotatable bonds is 2. The maximum absolute atomic E-state index is 12.2. The van der Waals surface area contributed by atoms with Gasteiger partial charge in [-0.15, -0.1) is 0 Å². The molecule has 3 rings (SSSR count). The van der Waals surface area contributed by atoms with Crippen LogP contribution in [0.25, 0.3) is 10.9 Å². The zero-order valence-electron chi connectivity index (χ0n) is 9.72. The summed E-state index contributed by atoms with van der Waals surface area (Å²) in [5.74, 6) is 0.196. The molecular weight excluding hydrogens is 308 g/mol. The first kappa shape index (κ1) is 11.9. The quantitative estimate of drug-likeness (QED) is 0.763. The number of anilines is 1. The molecule has 0 fully saturated rings. The summed E-state index contributed by atoms with van der Waals surface area (Å²) < 4.78 is 0.622. The third kappa shape index (κ3) is 2.34. The Morgan fingerprint density at radius 3 is 2.89 bits per heavy atom. The maximum atomic E-state index is 12.2. The van der Waals surface area contributed by atoms with Gasteiger partial charge in [-0.25, -0.2) is 9.97 Å². The number of hydrogen-bond donors (Lipinski definition) is 2. The van der Waals surface area contributed by atoms with Gasteiger partial charge >= 0.3 is 0 Å². The minimum atomic E-state index is -0.218. The molecule has 6 heteroatoms. The first-order valence-electron chi connectivity index (χ1n) is 5.59. The zero-order chi connectivity index (χ0) is 13.2. The van der Waals surface area contributed by atoms with Gasteiger partial charge in [0.15, 0.2) is 5.82 Å². The van der Waals surface area contributed by atoms with E-state index >= 15 is 0 Å². The van der Waals surface area contributed by atoms with Crippen molar-refractivity contribution in [3.8, 4) is 0 Å². The molecule has 5 nitrogen and oxygen atoms in total. The average Bonchev–Trinajstić information content (AvgIpc) is 2.89. The fraction of sp³-hybridized carbons (Fsp3) is 0. The molecule has 2 N–H and O–H groups in total. The van der Waals surface area contributed by atoms with Crippen LogP contribution in [0, 0.1) is 0 Å². The zero-order valence-corrected chi connectivity index (χ0v) is 11.3. The second-order valence-corrected chi connectivity index (χ2v) is 4.74. The number of fused-ring (bicyclic) bond motifs is 1. The summed E-state index contributed by atoms with van der Waals surface area (Å²) in [6, 6.07) is 7.48. The van der Waals surface area contributed by atoms with Crippen molar-refractivity contribution in [2.45, 2.75) is 0 Å². The molecular formula is C13H9BrN4O. The standard InChI is InChI=1S/C13H9BrN4O/c14-10-6-17-11(7-16-10)18-13(19)9-3-1-2-8-4-5-15-12(8)9/h1-7,15H,(H,17,18,19). The number of nitrogens with zero attached hydrogens (tertiary/aromatic N) is 2. The molecule has 0 saturated carbocycles. The summed E-state index contributed by atoms with van der Waals surface area (Å²) in [5.41, 5.74) is 1.39. The Balaban J connectivity index is 1.92. The van der Waals surface area contributed by atoms with E-state index in [1.54, 1.807) is 12.3 Å². The first-order valence-corrected chi connectivity index (χ1v) is 6.38. The minimum Gasteiger partial charge on any atom is -0.361 e. The lowest BCUT2D eigenvalue weighted by Crippen LogP contribution is -2.13. The van der Waals surface area contributed by atoms with Gasteiger partial charge in [0.25, 0.3) is 5.91 Å². The van der Waals surface area contributed by atoms with Gasteiger partial charge in [-0.2, -0.15) is 0 Å². The second kappa shape index (κ2) is 4.81. The van der Waals surface area contributed by atoms with Crippen LogP contribution in [0.1, 0.15) is 10.4 Å². The third-order valence-corrected chi connectivity index (χ3v) is 3.10. The monoisotopic (exact) mass is 316 g/mol. The number of carbonyl (C=O) groups excluding carboxylic acids is 1. The topological polar surface area (TPSA) is 70.7 Å². The molecule has 0 atom stereocenters. The Morgan fingerprint density at radius 2 is 2.11 bits per heavy atom. The van der Waals surface area contributed by atoms with E-state index in [1.807, 2.05) is 18.2 Å². The normalized spacial score (nSPS) is 10.6. The Morgan fingerprint density at radius 1 is 1.21 bits per heavy atom. The molecule has 19 heavy (non-hydrogen) atoms. The Labute approximate surface area is 117 Å². The molecule has 1 amide bonds. The number of benzene rings is 1. The van der Waals surface area contributed by atoms with E-state index in [0.717, 1.165) is 10.9 Å². The van der Waals surface area contributed by atoms with Crippen molar-refractivity contribution < 1.29 is 4.79 Å². The van der Waals surface area contributed by atoms with Gasteiger partial charge in [-0.3, -0.25) is 4.79 Å². The summed E-state index contributed by atoms with van der Waals surface area (Å²) in [7, 11) is 0. The highest BCUT2D eigenvalue weighted by molar-refractivity contribution is 9.10. The van der Waals surface area contributed by atoms with Gasteiger partial charge in [-0.05, 0) is 28.1 Å². The fourth-order valence-electron chi connectivity index (χ4n) is 1.83. The van der Waals surface area contributed by atoms with Crippen LogP contribution in [0.2, 0.25) is 0 Å². The number of carbonyl (C=O) groups is 1. The van der Waals surface area contributed by atoms with Crippen LogP contribution in [0.5, 0.6) is 0 Å². The lowest BCUT2D eigenvalue weighted by Gasteiger charge is -2.05. The summed E-state index contributed by atoms with van der Waals surface area (Å²) in [4.78, 5) is 23.3. The number of H-pyrrole nitrogens is 1.